The first-order valence-electron chi connectivity index (χ1n) is 7.84. The summed E-state index contributed by atoms with van der Waals surface area (Å²) in [6.07, 6.45) is 2.49. The first-order chi connectivity index (χ1) is 11.0. The molecule has 1 atom stereocenters. The Bertz CT molecular complexity index is 576. The fourth-order valence-electron chi connectivity index (χ4n) is 2.81. The van der Waals surface area contributed by atoms with E-state index in [2.05, 4.69) is 0 Å². The average molecular weight is 323 g/mol. The molecule has 1 aliphatic heterocycles. The van der Waals surface area contributed by atoms with Crippen LogP contribution < -0.4 is 4.74 Å². The molecule has 1 fully saturated rings. The molecule has 1 saturated heterocycles. The number of carbonyl (C=O) groups excluding carboxylic acids is 1. The second-order valence-corrected chi connectivity index (χ2v) is 6.00. The number of ether oxygens (including phenoxy) is 1. The van der Waals surface area contributed by atoms with Gasteiger partial charge in [-0.25, -0.2) is 4.39 Å². The van der Waals surface area contributed by atoms with Crippen molar-refractivity contribution in [3.8, 4) is 5.75 Å². The predicted molar refractivity (Wildman–Crippen MR) is 82.8 cm³/mol. The molecule has 1 heterocycles. The SMILES string of the molecule is Cc1ccc(F)c(OCC(=O)N2CCC[C@H](CCC(=O)O)C2)c1. The number of nitrogens with zero attached hydrogens (tertiary/aromatic N) is 1. The third-order valence-electron chi connectivity index (χ3n) is 4.08. The lowest BCUT2D eigenvalue weighted by molar-refractivity contribution is -0.137. The summed E-state index contributed by atoms with van der Waals surface area (Å²) < 4.78 is 18.9. The number of aryl methyl sites for hydroxylation is 1. The molecular weight excluding hydrogens is 301 g/mol. The van der Waals surface area contributed by atoms with E-state index in [-0.39, 0.29) is 30.6 Å². The lowest BCUT2D eigenvalue weighted by Crippen LogP contribution is -2.42. The number of halogens is 1. The van der Waals surface area contributed by atoms with Gasteiger partial charge in [0, 0.05) is 19.5 Å². The maximum atomic E-state index is 13.6. The summed E-state index contributed by atoms with van der Waals surface area (Å²) in [7, 11) is 0. The number of piperidine rings is 1. The Morgan fingerprint density at radius 1 is 1.43 bits per heavy atom. The van der Waals surface area contributed by atoms with Gasteiger partial charge in [-0.1, -0.05) is 6.07 Å². The summed E-state index contributed by atoms with van der Waals surface area (Å²) >= 11 is 0. The molecule has 0 aliphatic carbocycles. The van der Waals surface area contributed by atoms with E-state index in [0.29, 0.717) is 19.5 Å². The van der Waals surface area contributed by atoms with Gasteiger partial charge < -0.3 is 14.7 Å². The van der Waals surface area contributed by atoms with Gasteiger partial charge in [0.15, 0.2) is 18.2 Å². The van der Waals surface area contributed by atoms with Crippen LogP contribution >= 0.6 is 0 Å². The summed E-state index contributed by atoms with van der Waals surface area (Å²) in [5, 5.41) is 8.74. The standard InChI is InChI=1S/C17H22FNO4/c1-12-4-6-14(18)15(9-12)23-11-16(20)19-8-2-3-13(10-19)5-7-17(21)22/h4,6,9,13H,2-3,5,7-8,10-11H2,1H3,(H,21,22)/t13-/m1/s1. The lowest BCUT2D eigenvalue weighted by Gasteiger charge is -2.32. The molecule has 2 rings (SSSR count). The summed E-state index contributed by atoms with van der Waals surface area (Å²) in [5.74, 6) is -1.20. The van der Waals surface area contributed by atoms with Gasteiger partial charge in [-0.15, -0.1) is 0 Å². The van der Waals surface area contributed by atoms with Crippen molar-refractivity contribution in [2.75, 3.05) is 19.7 Å². The zero-order valence-corrected chi connectivity index (χ0v) is 13.3. The van der Waals surface area contributed by atoms with Crippen LogP contribution in [0.15, 0.2) is 18.2 Å². The van der Waals surface area contributed by atoms with Crippen molar-refractivity contribution in [3.63, 3.8) is 0 Å². The number of aliphatic carboxylic acids is 1. The molecule has 0 radical (unpaired) electrons. The minimum absolute atomic E-state index is 0.0813. The number of carboxylic acid groups (broad SMARTS) is 1. The van der Waals surface area contributed by atoms with Gasteiger partial charge in [0.25, 0.3) is 5.91 Å². The minimum Gasteiger partial charge on any atom is -0.481 e. The Labute approximate surface area is 135 Å². The van der Waals surface area contributed by atoms with Crippen LogP contribution in [-0.4, -0.2) is 41.6 Å². The highest BCUT2D eigenvalue weighted by Gasteiger charge is 2.24. The van der Waals surface area contributed by atoms with E-state index >= 15 is 0 Å². The maximum absolute atomic E-state index is 13.6. The van der Waals surface area contributed by atoms with Crippen LogP contribution in [0.4, 0.5) is 4.39 Å². The molecular formula is C17H22FNO4. The molecule has 6 heteroatoms. The number of carboxylic acids is 1. The first-order valence-corrected chi connectivity index (χ1v) is 7.84. The van der Waals surface area contributed by atoms with E-state index in [1.807, 2.05) is 6.92 Å². The van der Waals surface area contributed by atoms with Crippen LogP contribution in [0, 0.1) is 18.7 Å². The molecule has 1 aromatic carbocycles. The quantitative estimate of drug-likeness (QED) is 0.874. The highest BCUT2D eigenvalue weighted by atomic mass is 19.1. The lowest BCUT2D eigenvalue weighted by atomic mass is 9.93. The van der Waals surface area contributed by atoms with E-state index in [9.17, 15) is 14.0 Å². The Balaban J connectivity index is 1.85. The number of likely N-dealkylation sites (tertiary alicyclic amines) is 1. The van der Waals surface area contributed by atoms with Gasteiger partial charge in [0.2, 0.25) is 0 Å². The van der Waals surface area contributed by atoms with Crippen LogP contribution in [0.1, 0.15) is 31.2 Å². The molecule has 5 nitrogen and oxygen atoms in total. The van der Waals surface area contributed by atoms with E-state index in [0.717, 1.165) is 18.4 Å². The number of amides is 1. The van der Waals surface area contributed by atoms with Crippen LogP contribution in [0.2, 0.25) is 0 Å². The van der Waals surface area contributed by atoms with Gasteiger partial charge in [-0.05, 0) is 49.8 Å². The van der Waals surface area contributed by atoms with Crippen LogP contribution in [0.5, 0.6) is 5.75 Å². The van der Waals surface area contributed by atoms with Crippen molar-refractivity contribution in [2.24, 2.45) is 5.92 Å². The van der Waals surface area contributed by atoms with Gasteiger partial charge in [-0.3, -0.25) is 9.59 Å². The van der Waals surface area contributed by atoms with Gasteiger partial charge in [0.05, 0.1) is 0 Å². The van der Waals surface area contributed by atoms with Crippen LogP contribution in [-0.2, 0) is 9.59 Å². The van der Waals surface area contributed by atoms with Crippen molar-refractivity contribution in [3.05, 3.63) is 29.6 Å². The average Bonchev–Trinajstić information content (AvgIpc) is 2.53. The molecule has 1 N–H and O–H groups in total. The summed E-state index contributed by atoms with van der Waals surface area (Å²) in [4.78, 5) is 24.5. The number of hydrogen-bond donors (Lipinski definition) is 1. The summed E-state index contributed by atoms with van der Waals surface area (Å²) in [6, 6.07) is 4.52. The van der Waals surface area contributed by atoms with Crippen molar-refractivity contribution < 1.29 is 23.8 Å². The second-order valence-electron chi connectivity index (χ2n) is 6.00. The third kappa shape index (κ3) is 5.23. The largest absolute Gasteiger partial charge is 0.481 e. The van der Waals surface area contributed by atoms with E-state index in [1.54, 1.807) is 17.0 Å². The normalized spacial score (nSPS) is 17.8. The molecule has 1 aromatic rings. The molecule has 0 aromatic heterocycles. The van der Waals surface area contributed by atoms with Crippen molar-refractivity contribution >= 4 is 11.9 Å². The molecule has 23 heavy (non-hydrogen) atoms. The third-order valence-corrected chi connectivity index (χ3v) is 4.08. The second kappa shape index (κ2) is 7.94. The molecule has 1 aliphatic rings. The van der Waals surface area contributed by atoms with E-state index in [1.165, 1.54) is 6.07 Å². The highest BCUT2D eigenvalue weighted by molar-refractivity contribution is 5.78. The van der Waals surface area contributed by atoms with Gasteiger partial charge in [-0.2, -0.15) is 0 Å². The fourth-order valence-corrected chi connectivity index (χ4v) is 2.81. The molecule has 126 valence electrons. The zero-order chi connectivity index (χ0) is 16.8. The Morgan fingerprint density at radius 3 is 2.96 bits per heavy atom. The number of rotatable bonds is 6. The summed E-state index contributed by atoms with van der Waals surface area (Å²) in [5.41, 5.74) is 0.862. The minimum atomic E-state index is -0.813. The van der Waals surface area contributed by atoms with Crippen LogP contribution in [0.25, 0.3) is 0 Å². The van der Waals surface area contributed by atoms with Crippen molar-refractivity contribution in [1.82, 2.24) is 4.90 Å². The van der Waals surface area contributed by atoms with Gasteiger partial charge in [0.1, 0.15) is 0 Å². The van der Waals surface area contributed by atoms with Crippen molar-refractivity contribution in [2.45, 2.75) is 32.6 Å². The molecule has 0 saturated carbocycles. The number of hydrogen-bond acceptors (Lipinski definition) is 3. The molecule has 0 bridgehead atoms. The summed E-state index contributed by atoms with van der Waals surface area (Å²) in [6.45, 7) is 2.81. The molecule has 0 unspecified atom stereocenters. The maximum Gasteiger partial charge on any atom is 0.303 e. The van der Waals surface area contributed by atoms with Gasteiger partial charge >= 0.3 is 5.97 Å². The zero-order valence-electron chi connectivity index (χ0n) is 13.3. The van der Waals surface area contributed by atoms with E-state index in [4.69, 9.17) is 9.84 Å². The Hall–Kier alpha value is -2.11. The number of benzene rings is 1. The molecule has 1 amide bonds. The fraction of sp³-hybridized carbons (Fsp3) is 0.529. The Kier molecular flexibility index (Phi) is 5.96. The first kappa shape index (κ1) is 17.2. The Morgan fingerprint density at radius 2 is 2.22 bits per heavy atom. The van der Waals surface area contributed by atoms with Crippen molar-refractivity contribution in [1.29, 1.82) is 0 Å². The van der Waals surface area contributed by atoms with Crippen LogP contribution in [0.3, 0.4) is 0 Å². The smallest absolute Gasteiger partial charge is 0.303 e. The van der Waals surface area contributed by atoms with E-state index < -0.39 is 11.8 Å². The highest BCUT2D eigenvalue weighted by Crippen LogP contribution is 2.22. The number of carbonyl (C=O) groups is 2. The molecule has 0 spiro atoms. The topological polar surface area (TPSA) is 66.8 Å². The monoisotopic (exact) mass is 323 g/mol. The predicted octanol–water partition coefficient (Wildman–Crippen LogP) is 2.62.